The molecule has 2 saturated heterocycles. The minimum atomic E-state index is -3.56. The summed E-state index contributed by atoms with van der Waals surface area (Å²) in [6.45, 7) is 3.42. The fourth-order valence-corrected chi connectivity index (χ4v) is 5.44. The first kappa shape index (κ1) is 28.2. The maximum atomic E-state index is 13.3. The van der Waals surface area contributed by atoms with E-state index in [1.807, 2.05) is 4.90 Å². The summed E-state index contributed by atoms with van der Waals surface area (Å²) in [5, 5.41) is 3.64. The number of sulfonamides is 1. The second kappa shape index (κ2) is 11.8. The van der Waals surface area contributed by atoms with Crippen LogP contribution in [0.5, 0.6) is 5.75 Å². The summed E-state index contributed by atoms with van der Waals surface area (Å²) in [5.74, 6) is -0.0410. The smallest absolute Gasteiger partial charge is 0.247 e. The second-order valence-corrected chi connectivity index (χ2v) is 11.0. The fraction of sp³-hybridized carbons (Fsp3) is 0.375. The highest BCUT2D eigenvalue weighted by Crippen LogP contribution is 2.32. The molecule has 0 radical (unpaired) electrons. The molecule has 2 bridgehead atoms. The van der Waals surface area contributed by atoms with Crippen molar-refractivity contribution in [3.8, 4) is 5.75 Å². The molecule has 2 fully saturated rings. The molecule has 196 valence electrons. The summed E-state index contributed by atoms with van der Waals surface area (Å²) in [5.41, 5.74) is 1.75. The van der Waals surface area contributed by atoms with Crippen molar-refractivity contribution in [2.75, 3.05) is 44.3 Å². The molecule has 8 nitrogen and oxygen atoms in total. The summed E-state index contributed by atoms with van der Waals surface area (Å²) in [4.78, 5) is 17.4. The fourth-order valence-electron chi connectivity index (χ4n) is 4.62. The molecule has 36 heavy (non-hydrogen) atoms. The molecule has 12 heteroatoms. The van der Waals surface area contributed by atoms with Crippen LogP contribution in [-0.4, -0.2) is 75.8 Å². The molecule has 0 aliphatic carbocycles. The quantitative estimate of drug-likeness (QED) is 0.508. The number of methoxy groups -OCH3 is 1. The van der Waals surface area contributed by atoms with Gasteiger partial charge in [0.05, 0.1) is 36.2 Å². The number of halogens is 3. The van der Waals surface area contributed by atoms with Crippen molar-refractivity contribution >= 4 is 51.7 Å². The van der Waals surface area contributed by atoms with Crippen LogP contribution >= 0.6 is 24.0 Å². The highest BCUT2D eigenvalue weighted by atomic mass is 35.5. The zero-order valence-electron chi connectivity index (χ0n) is 19.9. The number of hydrogen-bond donors (Lipinski definition) is 2. The lowest BCUT2D eigenvalue weighted by atomic mass is 10.0. The van der Waals surface area contributed by atoms with E-state index in [2.05, 4.69) is 14.9 Å². The Labute approximate surface area is 221 Å². The Bertz CT molecular complexity index is 1210. The average molecular weight is 559 g/mol. The van der Waals surface area contributed by atoms with E-state index in [-0.39, 0.29) is 46.9 Å². The highest BCUT2D eigenvalue weighted by molar-refractivity contribution is 7.92. The molecule has 2 unspecified atom stereocenters. The molecule has 0 saturated carbocycles. The van der Waals surface area contributed by atoms with Crippen molar-refractivity contribution in [1.82, 2.24) is 15.1 Å². The highest BCUT2D eigenvalue weighted by Gasteiger charge is 2.39. The lowest BCUT2D eigenvalue weighted by molar-refractivity contribution is -0.136. The number of benzene rings is 2. The van der Waals surface area contributed by atoms with E-state index in [0.29, 0.717) is 44.0 Å². The standard InChI is InChI=1S/C24H28ClFN4O4S.ClH/c1-34-23-9-17(22(10-21(23)25)28-35(2,32)33)5-8-24(31)30-19-11-27-12-20(30)15-29(14-19)13-16-3-6-18(26)7-4-16;/h3-10,19-20,27-28H,11-15H2,1-2H3;1H/b8-5+;. The summed E-state index contributed by atoms with van der Waals surface area (Å²) in [6, 6.07) is 9.49. The largest absolute Gasteiger partial charge is 0.495 e. The number of rotatable bonds is 7. The number of nitrogens with zero attached hydrogens (tertiary/aromatic N) is 2. The monoisotopic (exact) mass is 558 g/mol. The molecule has 2 aromatic rings. The minimum Gasteiger partial charge on any atom is -0.495 e. The molecule has 2 atom stereocenters. The summed E-state index contributed by atoms with van der Waals surface area (Å²) >= 11 is 6.17. The van der Waals surface area contributed by atoms with Gasteiger partial charge in [-0.3, -0.25) is 14.4 Å². The summed E-state index contributed by atoms with van der Waals surface area (Å²) in [6.07, 6.45) is 4.07. The van der Waals surface area contributed by atoms with E-state index >= 15 is 0 Å². The Kier molecular flexibility index (Phi) is 9.23. The van der Waals surface area contributed by atoms with Crippen LogP contribution in [0.1, 0.15) is 11.1 Å². The molecule has 0 aromatic heterocycles. The van der Waals surface area contributed by atoms with Crippen LogP contribution in [0.3, 0.4) is 0 Å². The van der Waals surface area contributed by atoms with Gasteiger partial charge in [0.25, 0.3) is 0 Å². The minimum absolute atomic E-state index is 0. The van der Waals surface area contributed by atoms with Crippen molar-refractivity contribution in [2.24, 2.45) is 0 Å². The molecule has 2 aliphatic rings. The molecule has 2 aromatic carbocycles. The third-order valence-corrected chi connectivity index (χ3v) is 6.97. The average Bonchev–Trinajstić information content (AvgIpc) is 2.78. The van der Waals surface area contributed by atoms with Crippen molar-refractivity contribution in [3.05, 3.63) is 64.4 Å². The SMILES string of the molecule is COc1cc(/C=C/C(=O)N2C3CNCC2CN(Cc2ccc(F)cc2)C3)c(NS(C)(=O)=O)cc1Cl.Cl. The van der Waals surface area contributed by atoms with Gasteiger partial charge in [-0.05, 0) is 35.9 Å². The third kappa shape index (κ3) is 6.89. The molecular weight excluding hydrogens is 530 g/mol. The van der Waals surface area contributed by atoms with Gasteiger partial charge in [0, 0.05) is 44.4 Å². The number of fused-ring (bicyclic) bond motifs is 2. The normalized spacial score (nSPS) is 20.2. The van der Waals surface area contributed by atoms with Crippen molar-refractivity contribution in [3.63, 3.8) is 0 Å². The molecule has 0 spiro atoms. The lowest BCUT2D eigenvalue weighted by Gasteiger charge is -2.50. The van der Waals surface area contributed by atoms with E-state index in [0.717, 1.165) is 11.8 Å². The molecule has 2 N–H and O–H groups in total. The summed E-state index contributed by atoms with van der Waals surface area (Å²) in [7, 11) is -2.09. The molecular formula is C24H29Cl2FN4O4S. The first-order chi connectivity index (χ1) is 16.6. The number of amides is 1. The van der Waals surface area contributed by atoms with Gasteiger partial charge >= 0.3 is 0 Å². The van der Waals surface area contributed by atoms with Gasteiger partial charge in [0.15, 0.2) is 0 Å². The number of hydrogen-bond acceptors (Lipinski definition) is 6. The van der Waals surface area contributed by atoms with Crippen molar-refractivity contribution in [2.45, 2.75) is 18.6 Å². The van der Waals surface area contributed by atoms with Crippen LogP contribution in [0, 0.1) is 5.82 Å². The number of anilines is 1. The second-order valence-electron chi connectivity index (χ2n) is 8.81. The maximum Gasteiger partial charge on any atom is 0.247 e. The number of carbonyl (C=O) groups excluding carboxylic acids is 1. The van der Waals surface area contributed by atoms with Gasteiger partial charge in [-0.25, -0.2) is 12.8 Å². The topological polar surface area (TPSA) is 91.0 Å². The number of nitrogens with one attached hydrogen (secondary N) is 2. The number of piperazine rings is 2. The van der Waals surface area contributed by atoms with E-state index in [1.54, 1.807) is 24.3 Å². The maximum absolute atomic E-state index is 13.3. The van der Waals surface area contributed by atoms with Gasteiger partial charge in [-0.2, -0.15) is 0 Å². The van der Waals surface area contributed by atoms with Gasteiger partial charge < -0.3 is 15.0 Å². The Morgan fingerprint density at radius 1 is 1.22 bits per heavy atom. The zero-order chi connectivity index (χ0) is 25.2. The van der Waals surface area contributed by atoms with Gasteiger partial charge in [-0.1, -0.05) is 23.7 Å². The van der Waals surface area contributed by atoms with E-state index < -0.39 is 10.0 Å². The van der Waals surface area contributed by atoms with Crippen LogP contribution in [-0.2, 0) is 21.4 Å². The predicted molar refractivity (Wildman–Crippen MR) is 142 cm³/mol. The van der Waals surface area contributed by atoms with E-state index in [9.17, 15) is 17.6 Å². The third-order valence-electron chi connectivity index (χ3n) is 6.08. The Hall–Kier alpha value is -2.37. The van der Waals surface area contributed by atoms with Gasteiger partial charge in [0.2, 0.25) is 15.9 Å². The first-order valence-corrected chi connectivity index (χ1v) is 13.4. The number of ether oxygens (including phenoxy) is 1. The van der Waals surface area contributed by atoms with Crippen LogP contribution in [0.15, 0.2) is 42.5 Å². The zero-order valence-corrected chi connectivity index (χ0v) is 22.3. The van der Waals surface area contributed by atoms with Gasteiger partial charge in [0.1, 0.15) is 11.6 Å². The van der Waals surface area contributed by atoms with Crippen molar-refractivity contribution in [1.29, 1.82) is 0 Å². The molecule has 2 aliphatic heterocycles. The Morgan fingerprint density at radius 3 is 2.44 bits per heavy atom. The van der Waals surface area contributed by atoms with Crippen LogP contribution in [0.25, 0.3) is 6.08 Å². The number of carbonyl (C=O) groups is 1. The Balaban J connectivity index is 0.00000361. The van der Waals surface area contributed by atoms with E-state index in [1.165, 1.54) is 31.4 Å². The van der Waals surface area contributed by atoms with Gasteiger partial charge in [-0.15, -0.1) is 12.4 Å². The lowest BCUT2D eigenvalue weighted by Crippen LogP contribution is -2.68. The van der Waals surface area contributed by atoms with Crippen LogP contribution < -0.4 is 14.8 Å². The predicted octanol–water partition coefficient (Wildman–Crippen LogP) is 2.98. The Morgan fingerprint density at radius 2 is 1.86 bits per heavy atom. The van der Waals surface area contributed by atoms with Crippen molar-refractivity contribution < 1.29 is 22.3 Å². The first-order valence-electron chi connectivity index (χ1n) is 11.2. The summed E-state index contributed by atoms with van der Waals surface area (Å²) < 4.78 is 44.5. The van der Waals surface area contributed by atoms with Crippen LogP contribution in [0.2, 0.25) is 5.02 Å². The molecule has 2 heterocycles. The molecule has 4 rings (SSSR count). The van der Waals surface area contributed by atoms with Crippen LogP contribution in [0.4, 0.5) is 10.1 Å². The molecule has 1 amide bonds. The van der Waals surface area contributed by atoms with E-state index in [4.69, 9.17) is 16.3 Å².